The second kappa shape index (κ2) is 31.6. The van der Waals surface area contributed by atoms with Crippen molar-refractivity contribution >= 4 is 76.8 Å². The summed E-state index contributed by atoms with van der Waals surface area (Å²) in [6.07, 6.45) is 2.09. The average molecular weight is 1290 g/mol. The Morgan fingerprint density at radius 1 is 0.521 bits per heavy atom. The van der Waals surface area contributed by atoms with E-state index in [4.69, 9.17) is 30.5 Å². The van der Waals surface area contributed by atoms with Crippen LogP contribution in [0.3, 0.4) is 0 Å². The third-order valence-corrected chi connectivity index (χ3v) is 17.4. The number of amides is 5. The zero-order chi connectivity index (χ0) is 69.0. The van der Waals surface area contributed by atoms with Crippen LogP contribution in [-0.4, -0.2) is 156 Å². The van der Waals surface area contributed by atoms with Crippen molar-refractivity contribution in [2.24, 2.45) is 23.7 Å². The molecule has 7 heterocycles. The highest BCUT2D eigenvalue weighted by atomic mass is 16.6. The van der Waals surface area contributed by atoms with E-state index < -0.39 is 36.0 Å². The number of aliphatic hydroxyl groups excluding tert-OH is 1. The summed E-state index contributed by atoms with van der Waals surface area (Å²) in [5.41, 5.74) is 21.5. The van der Waals surface area contributed by atoms with Gasteiger partial charge in [-0.3, -0.25) is 47.9 Å². The first kappa shape index (κ1) is 71.5. The molecule has 500 valence electrons. The molecule has 0 saturated carbocycles. The molecule has 2 fully saturated rings. The van der Waals surface area contributed by atoms with Crippen molar-refractivity contribution in [1.82, 2.24) is 24.5 Å². The molecule has 0 spiro atoms. The number of anilines is 2. The van der Waals surface area contributed by atoms with Gasteiger partial charge in [-0.25, -0.2) is 0 Å². The predicted molar refractivity (Wildman–Crippen MR) is 348 cm³/mol. The lowest BCUT2D eigenvalue weighted by atomic mass is 9.93. The molecule has 12 rings (SSSR count). The maximum atomic E-state index is 12.3. The van der Waals surface area contributed by atoms with Crippen molar-refractivity contribution in [2.45, 2.75) is 111 Å². The van der Waals surface area contributed by atoms with Crippen molar-refractivity contribution < 1.29 is 77.5 Å². The number of carboxylic acid groups (broad SMARTS) is 2. The molecule has 5 amide bonds. The van der Waals surface area contributed by atoms with Gasteiger partial charge in [-0.05, 0) is 120 Å². The van der Waals surface area contributed by atoms with Crippen molar-refractivity contribution in [1.29, 1.82) is 0 Å². The molecule has 0 aliphatic carbocycles. The Labute approximate surface area is 547 Å². The number of ether oxygens (including phenoxy) is 3. The van der Waals surface area contributed by atoms with Crippen molar-refractivity contribution in [2.75, 3.05) is 67.6 Å². The molecule has 7 aliphatic heterocycles. The average Bonchev–Trinajstić information content (AvgIpc) is 1.64. The Kier molecular flexibility index (Phi) is 24.1. The number of hydrogen-bond donors (Lipinski definition) is 5. The van der Waals surface area contributed by atoms with Gasteiger partial charge in [0.1, 0.15) is 12.2 Å². The highest BCUT2D eigenvalue weighted by Crippen LogP contribution is 2.43. The molecular formula is C71H85N7O16. The molecule has 0 radical (unpaired) electrons. The number of aryl methyl sites for hydroxylation is 3. The van der Waals surface area contributed by atoms with Crippen LogP contribution in [0.2, 0.25) is 0 Å². The number of aliphatic carboxylic acids is 2. The van der Waals surface area contributed by atoms with E-state index in [1.165, 1.54) is 18.2 Å². The number of carbonyl (C=O) groups excluding carboxylic acids is 8. The van der Waals surface area contributed by atoms with Gasteiger partial charge in [0.15, 0.2) is 0 Å². The lowest BCUT2D eigenvalue weighted by Crippen LogP contribution is -2.32. The Morgan fingerprint density at radius 2 is 0.957 bits per heavy atom. The maximum absolute atomic E-state index is 12.3. The lowest BCUT2D eigenvalue weighted by Gasteiger charge is -2.19. The van der Waals surface area contributed by atoms with E-state index >= 15 is 0 Å². The summed E-state index contributed by atoms with van der Waals surface area (Å²) >= 11 is 0. The number of nitrogens with one attached hydrogen (secondary N) is 1. The molecule has 6 N–H and O–H groups in total. The fraction of sp³-hybridized carbons (Fsp3) is 0.408. The van der Waals surface area contributed by atoms with Gasteiger partial charge >= 0.3 is 29.8 Å². The minimum absolute atomic E-state index is 0.0132. The fourth-order valence-corrected chi connectivity index (χ4v) is 12.7. The Balaban J connectivity index is 0.000000165. The van der Waals surface area contributed by atoms with Gasteiger partial charge in [0.2, 0.25) is 29.5 Å². The summed E-state index contributed by atoms with van der Waals surface area (Å²) in [6.45, 7) is 8.78. The quantitative estimate of drug-likeness (QED) is 0.0630. The van der Waals surface area contributed by atoms with Crippen LogP contribution in [0.4, 0.5) is 11.4 Å². The topological polar surface area (TPSA) is 313 Å². The number of likely N-dealkylation sites (N-methyl/N-ethyl adjacent to an activating group) is 1. The molecule has 2 saturated heterocycles. The van der Waals surface area contributed by atoms with Crippen LogP contribution in [0, 0.1) is 44.4 Å². The summed E-state index contributed by atoms with van der Waals surface area (Å²) in [5, 5.41) is 27.8. The molecule has 0 aromatic heterocycles. The maximum Gasteiger partial charge on any atom is 0.308 e. The smallest absolute Gasteiger partial charge is 0.308 e. The molecule has 6 atom stereocenters. The SMILES string of the molecule is CN1Cc2cc(N)ccc2[C@@H]2OC(=O)C[C@H]2C1=O.CNc1ccc2c(c1)CN(C)C(=O)[C@@H]1CC(=O)O[C@@H]21.CO.COC(=O)CC1Cc2ccc(C)cc2CN(C)C1=O.Cc1ccc2c(c1)CN(C)C(=O)C(CC(=O)O)=C2.Cc1ccc2c(c1)CN(C)C(=O)C(CC(=O)O)C2. The predicted octanol–water partition coefficient (Wildman–Crippen LogP) is 6.87. The van der Waals surface area contributed by atoms with Gasteiger partial charge in [0.05, 0.1) is 62.9 Å². The van der Waals surface area contributed by atoms with Crippen LogP contribution in [0.5, 0.6) is 0 Å². The van der Waals surface area contributed by atoms with E-state index in [0.29, 0.717) is 56.8 Å². The molecule has 5 aromatic carbocycles. The third kappa shape index (κ3) is 17.6. The monoisotopic (exact) mass is 1290 g/mol. The number of nitrogens with zero attached hydrogens (tertiary/aromatic N) is 5. The first-order valence-electron chi connectivity index (χ1n) is 30.9. The number of methoxy groups -OCH3 is 1. The minimum atomic E-state index is -0.987. The molecule has 94 heavy (non-hydrogen) atoms. The van der Waals surface area contributed by atoms with Crippen LogP contribution in [-0.2, 0) is 108 Å². The number of nitrogens with two attached hydrogens (primary N) is 1. The fourth-order valence-electron chi connectivity index (χ4n) is 12.7. The number of carbonyl (C=O) groups is 10. The minimum Gasteiger partial charge on any atom is -0.481 e. The van der Waals surface area contributed by atoms with Crippen LogP contribution < -0.4 is 11.1 Å². The van der Waals surface area contributed by atoms with Crippen LogP contribution in [0.25, 0.3) is 6.08 Å². The van der Waals surface area contributed by atoms with Crippen LogP contribution in [0.1, 0.15) is 117 Å². The van der Waals surface area contributed by atoms with Crippen LogP contribution >= 0.6 is 0 Å². The molecular weight excluding hydrogens is 1210 g/mol. The van der Waals surface area contributed by atoms with Crippen LogP contribution in [0.15, 0.2) is 96.6 Å². The number of carboxylic acids is 2. The van der Waals surface area contributed by atoms with Gasteiger partial charge in [-0.1, -0.05) is 83.4 Å². The summed E-state index contributed by atoms with van der Waals surface area (Å²) in [4.78, 5) is 125. The lowest BCUT2D eigenvalue weighted by molar-refractivity contribution is -0.146. The normalized spacial score (nSPS) is 20.6. The highest BCUT2D eigenvalue weighted by Gasteiger charge is 2.46. The van der Waals surface area contributed by atoms with E-state index in [1.54, 1.807) is 71.9 Å². The standard InChI is InChI=1S/C15H19NO3.C14H16N2O3.C14H17NO3.C14H15NO3.C13H14N2O3.CH4O/c1-10-4-5-11-7-12(8-14(17)19-3)15(18)16(2)9-13(11)6-10;1-15-9-3-4-10-8(5-9)7-16(2)14(18)11-6-12(17)19-13(10)11;2*1-9-3-4-10-6-11(7-13(16)17)14(18)15(2)8-12(10)5-9;1-15-6-7-4-8(14)2-3-9(7)12-10(13(15)17)5-11(16)18-12;1-2/h4-6,12H,7-9H2,1-3H3;3-5,11,13,15H,6-7H2,1-2H3;3-5,11H,6-8H2,1-2H3,(H,16,17);3-6H,7-8H2,1-2H3,(H,16,17);2-4,10,12H,5-6,14H2,1H3;2H,1H3/t;11-,13+;;;10-,12+;/m.1..1./s1. The van der Waals surface area contributed by atoms with E-state index in [1.807, 2.05) is 94.5 Å². The van der Waals surface area contributed by atoms with Crippen molar-refractivity contribution in [3.8, 4) is 0 Å². The molecule has 7 aliphatic rings. The zero-order valence-corrected chi connectivity index (χ0v) is 55.1. The summed E-state index contributed by atoms with van der Waals surface area (Å²) in [5.74, 6) is -4.71. The summed E-state index contributed by atoms with van der Waals surface area (Å²) in [6, 6.07) is 29.6. The molecule has 2 unspecified atom stereocenters. The summed E-state index contributed by atoms with van der Waals surface area (Å²) < 4.78 is 15.3. The zero-order valence-electron chi connectivity index (χ0n) is 55.1. The number of benzene rings is 5. The largest absolute Gasteiger partial charge is 0.481 e. The summed E-state index contributed by atoms with van der Waals surface area (Å²) in [7, 11) is 12.9. The van der Waals surface area contributed by atoms with Crippen molar-refractivity contribution in [3.63, 3.8) is 0 Å². The Hall–Kier alpha value is -9.90. The van der Waals surface area contributed by atoms with Gasteiger partial charge < -0.3 is 65.1 Å². The first-order valence-corrected chi connectivity index (χ1v) is 30.9. The number of esters is 3. The van der Waals surface area contributed by atoms with E-state index in [9.17, 15) is 47.9 Å². The number of aliphatic hydroxyl groups is 1. The third-order valence-electron chi connectivity index (χ3n) is 17.4. The number of rotatable bonds is 7. The Morgan fingerprint density at radius 3 is 1.44 bits per heavy atom. The van der Waals surface area contributed by atoms with E-state index in [-0.39, 0.29) is 91.4 Å². The van der Waals surface area contributed by atoms with E-state index in [2.05, 4.69) is 28.3 Å². The first-order chi connectivity index (χ1) is 44.6. The van der Waals surface area contributed by atoms with Gasteiger partial charge in [0.25, 0.3) is 0 Å². The van der Waals surface area contributed by atoms with Gasteiger partial charge in [-0.2, -0.15) is 0 Å². The van der Waals surface area contributed by atoms with Crippen molar-refractivity contribution in [3.05, 3.63) is 169 Å². The molecule has 0 bridgehead atoms. The van der Waals surface area contributed by atoms with E-state index in [0.717, 1.165) is 74.0 Å². The Bertz CT molecular complexity index is 3770. The number of fused-ring (bicyclic) bond motifs is 9. The molecule has 5 aromatic rings. The second-order valence-electron chi connectivity index (χ2n) is 24.7. The number of hydrogen-bond acceptors (Lipinski definition) is 16. The van der Waals surface area contributed by atoms with Gasteiger partial charge in [-0.15, -0.1) is 0 Å². The number of nitrogen functional groups attached to an aromatic ring is 1. The second-order valence-corrected chi connectivity index (χ2v) is 24.7. The van der Waals surface area contributed by atoms with Gasteiger partial charge in [0, 0.05) is 99.1 Å². The molecule has 23 nitrogen and oxygen atoms in total. The molecule has 23 heteroatoms. The highest BCUT2D eigenvalue weighted by molar-refractivity contribution is 6.02.